The van der Waals surface area contributed by atoms with Crippen molar-refractivity contribution >= 4 is 31.9 Å². The first kappa shape index (κ1) is 51.2. The number of Topliss-reactive ketones (excluding diaryl/α,β-unsaturated/α-hetero) is 1. The third-order valence-corrected chi connectivity index (χ3v) is 24.4. The minimum Gasteiger partial charge on any atom is -0.393 e. The van der Waals surface area contributed by atoms with Gasteiger partial charge < -0.3 is 15.5 Å². The van der Waals surface area contributed by atoms with Gasteiger partial charge in [-0.2, -0.15) is 16.8 Å². The molecule has 0 aromatic carbocycles. The molecule has 0 aromatic heterocycles. The normalized spacial score (nSPS) is 46.4. The Kier molecular flexibility index (Phi) is 14.9. The van der Waals surface area contributed by atoms with E-state index in [1.807, 2.05) is 0 Å². The molecule has 11 nitrogen and oxygen atoms in total. The van der Waals surface area contributed by atoms with Crippen LogP contribution in [0.1, 0.15) is 183 Å². The maximum absolute atomic E-state index is 12.7. The Bertz CT molecular complexity index is 1860. The summed E-state index contributed by atoms with van der Waals surface area (Å²) in [4.78, 5) is 25.2. The largest absolute Gasteiger partial charge is 0.393 e. The summed E-state index contributed by atoms with van der Waals surface area (Å²) in [6.07, 6.45) is 21.0. The lowest BCUT2D eigenvalue weighted by Gasteiger charge is -2.64. The second-order valence-electron chi connectivity index (χ2n) is 25.7. The van der Waals surface area contributed by atoms with Gasteiger partial charge in [0.15, 0.2) is 0 Å². The lowest BCUT2D eigenvalue weighted by molar-refractivity contribution is -0.183. The summed E-state index contributed by atoms with van der Waals surface area (Å²) in [5.74, 6) is 6.20. The van der Waals surface area contributed by atoms with Gasteiger partial charge >= 0.3 is 0 Å². The van der Waals surface area contributed by atoms with E-state index in [1.54, 1.807) is 0 Å². The minimum atomic E-state index is -4.10. The monoisotopic (exact) mass is 964 g/mol. The van der Waals surface area contributed by atoms with E-state index in [0.717, 1.165) is 51.4 Å². The maximum Gasteiger partial charge on any atom is 0.266 e. The zero-order chi connectivity index (χ0) is 47.8. The molecule has 8 saturated carbocycles. The molecular formula is C53H89NO10S2. The number of ketones is 1. The Labute approximate surface area is 398 Å². The fourth-order valence-corrected chi connectivity index (χ4v) is 20.3. The maximum atomic E-state index is 12.7. The molecule has 0 saturated heterocycles. The number of aliphatic hydroxyl groups excluding tert-OH is 2. The number of aliphatic hydroxyl groups is 2. The number of carbonyl (C=O) groups is 2. The Hall–Kier alpha value is -1.12. The van der Waals surface area contributed by atoms with E-state index in [1.165, 1.54) is 64.2 Å². The second kappa shape index (κ2) is 19.1. The van der Waals surface area contributed by atoms with Crippen LogP contribution in [0.4, 0.5) is 0 Å². The lowest BCUT2D eigenvalue weighted by Crippen LogP contribution is -2.59. The first-order chi connectivity index (χ1) is 30.9. The van der Waals surface area contributed by atoms with E-state index >= 15 is 0 Å². The number of hydrogen-bond acceptors (Lipinski definition) is 8. The minimum absolute atomic E-state index is 0.0739. The molecule has 20 atom stereocenters. The van der Waals surface area contributed by atoms with Crippen molar-refractivity contribution in [2.24, 2.45) is 105 Å². The topological polar surface area (TPSA) is 195 Å². The Morgan fingerprint density at radius 2 is 0.985 bits per heavy atom. The van der Waals surface area contributed by atoms with Crippen LogP contribution in [-0.2, 0) is 29.8 Å². The molecule has 0 radical (unpaired) electrons. The Morgan fingerprint density at radius 3 is 1.44 bits per heavy atom. The zero-order valence-electron chi connectivity index (χ0n) is 41.5. The van der Waals surface area contributed by atoms with Crippen LogP contribution in [0.2, 0.25) is 0 Å². The van der Waals surface area contributed by atoms with Gasteiger partial charge in [0.05, 0.1) is 23.7 Å². The molecule has 0 spiro atoms. The fourth-order valence-electron chi connectivity index (χ4n) is 19.5. The molecule has 4 unspecified atom stereocenters. The van der Waals surface area contributed by atoms with Crippen molar-refractivity contribution in [1.29, 1.82) is 0 Å². The molecule has 1 amide bonds. The number of carbonyl (C=O) groups excluding carboxylic acids is 2. The van der Waals surface area contributed by atoms with Gasteiger partial charge in [0, 0.05) is 25.8 Å². The van der Waals surface area contributed by atoms with Gasteiger partial charge in [0.2, 0.25) is 5.91 Å². The summed E-state index contributed by atoms with van der Waals surface area (Å²) in [5, 5.41) is 27.1. The van der Waals surface area contributed by atoms with Crippen LogP contribution in [0, 0.1) is 105 Å². The van der Waals surface area contributed by atoms with Crippen molar-refractivity contribution in [2.75, 3.05) is 18.1 Å². The summed E-state index contributed by atoms with van der Waals surface area (Å²) in [6.45, 7) is 14.7. The highest BCUT2D eigenvalue weighted by atomic mass is 32.2. The molecule has 8 fully saturated rings. The van der Waals surface area contributed by atoms with Crippen LogP contribution in [0.3, 0.4) is 0 Å². The summed E-state index contributed by atoms with van der Waals surface area (Å²) in [5.41, 5.74) is 0.843. The van der Waals surface area contributed by atoms with Crippen molar-refractivity contribution in [3.8, 4) is 0 Å². The standard InChI is InChI=1S/C53H89NO10S2/c1-32(9-11-38(55)8-7-26-65(59,60)61)39-12-14-41-48-43(19-23-52(39,41)5)50(3)21-17-34(28-36(50)30-45(48)56)35-18-22-51(4)37(29-35)31-46(57)49-42-15-13-40(53(42,6)24-20-44(49)51)33(2)10-16-47(58)54-25-27-66(62,63)64/h32-37,39-46,48-49,56-57H,7-31H2,1-6H3,(H,54,58)(H,59,60,61)(H,62,63,64)/t32-,33-,34?,35?,36?,37?,39+,40+,41-,42+,43-,44+,45-,46+,48-,49+,50-,51+,52+,53-/m0/s1. The van der Waals surface area contributed by atoms with Gasteiger partial charge in [-0.05, 0) is 227 Å². The molecule has 8 rings (SSSR count). The van der Waals surface area contributed by atoms with Crippen LogP contribution >= 0.6 is 0 Å². The molecular weight excluding hydrogens is 875 g/mol. The Balaban J connectivity index is 0.848. The van der Waals surface area contributed by atoms with Crippen molar-refractivity contribution in [3.05, 3.63) is 0 Å². The molecule has 5 N–H and O–H groups in total. The first-order valence-electron chi connectivity index (χ1n) is 26.9. The molecule has 0 aliphatic heterocycles. The smallest absolute Gasteiger partial charge is 0.266 e. The molecule has 8 aliphatic carbocycles. The number of fused-ring (bicyclic) bond motifs is 10. The van der Waals surface area contributed by atoms with E-state index in [9.17, 15) is 36.6 Å². The molecule has 13 heteroatoms. The summed E-state index contributed by atoms with van der Waals surface area (Å²) in [6, 6.07) is 0. The fraction of sp³-hybridized carbons (Fsp3) is 0.962. The molecule has 8 aliphatic rings. The predicted octanol–water partition coefficient (Wildman–Crippen LogP) is 9.55. The van der Waals surface area contributed by atoms with Crippen molar-refractivity contribution in [3.63, 3.8) is 0 Å². The highest BCUT2D eigenvalue weighted by molar-refractivity contribution is 7.86. The van der Waals surface area contributed by atoms with Gasteiger partial charge in [-0.3, -0.25) is 18.7 Å². The number of rotatable bonds is 16. The van der Waals surface area contributed by atoms with Crippen molar-refractivity contribution in [2.45, 2.75) is 195 Å². The number of nitrogens with one attached hydrogen (secondary N) is 1. The molecule has 0 bridgehead atoms. The first-order valence-corrected chi connectivity index (χ1v) is 30.1. The van der Waals surface area contributed by atoms with Gasteiger partial charge in [-0.25, -0.2) is 0 Å². The average Bonchev–Trinajstić information content (AvgIpc) is 3.78. The zero-order valence-corrected chi connectivity index (χ0v) is 43.1. The number of amides is 1. The van der Waals surface area contributed by atoms with E-state index in [2.05, 4.69) is 46.9 Å². The van der Waals surface area contributed by atoms with Crippen LogP contribution in [0.15, 0.2) is 0 Å². The molecule has 66 heavy (non-hydrogen) atoms. The van der Waals surface area contributed by atoms with Crippen LogP contribution in [-0.4, -0.2) is 78.1 Å². The third kappa shape index (κ3) is 9.78. The van der Waals surface area contributed by atoms with E-state index in [0.29, 0.717) is 95.7 Å². The van der Waals surface area contributed by atoms with Gasteiger partial charge in [0.25, 0.3) is 20.2 Å². The predicted molar refractivity (Wildman–Crippen MR) is 257 cm³/mol. The van der Waals surface area contributed by atoms with Gasteiger partial charge in [-0.15, -0.1) is 0 Å². The van der Waals surface area contributed by atoms with Crippen LogP contribution in [0.5, 0.6) is 0 Å². The van der Waals surface area contributed by atoms with Crippen LogP contribution < -0.4 is 5.32 Å². The van der Waals surface area contributed by atoms with Crippen LogP contribution in [0.25, 0.3) is 0 Å². The highest BCUT2D eigenvalue weighted by Gasteiger charge is 2.65. The lowest BCUT2D eigenvalue weighted by atomic mass is 9.41. The average molecular weight is 964 g/mol. The Morgan fingerprint density at radius 1 is 0.561 bits per heavy atom. The van der Waals surface area contributed by atoms with Gasteiger partial charge in [0.1, 0.15) is 5.78 Å². The van der Waals surface area contributed by atoms with E-state index in [4.69, 9.17) is 9.11 Å². The molecule has 378 valence electrons. The summed E-state index contributed by atoms with van der Waals surface area (Å²) < 4.78 is 62.5. The highest BCUT2D eigenvalue weighted by Crippen LogP contribution is 2.72. The second-order valence-corrected chi connectivity index (χ2v) is 28.9. The number of hydrogen-bond donors (Lipinski definition) is 5. The third-order valence-electron chi connectivity index (χ3n) is 22.9. The summed E-state index contributed by atoms with van der Waals surface area (Å²) in [7, 11) is -8.15. The van der Waals surface area contributed by atoms with E-state index < -0.39 is 26.0 Å². The van der Waals surface area contributed by atoms with Crippen molar-refractivity contribution in [1.82, 2.24) is 5.32 Å². The quantitative estimate of drug-likeness (QED) is 0.0930. The van der Waals surface area contributed by atoms with E-state index in [-0.39, 0.29) is 70.7 Å². The van der Waals surface area contributed by atoms with Crippen molar-refractivity contribution < 1.29 is 45.7 Å². The molecule has 0 heterocycles. The molecule has 0 aromatic rings. The van der Waals surface area contributed by atoms with Gasteiger partial charge in [-0.1, -0.05) is 41.5 Å². The summed E-state index contributed by atoms with van der Waals surface area (Å²) >= 11 is 0. The SMILES string of the molecule is C[C@@H](CCC(=O)NCCS(=O)(=O)O)[C@H]1CC[C@@H]2[C@H]3[C@H](O)CC4CC(C5CC[C@@]6(C)C(C5)C[C@H](O)[C@H]5[C@@H]7CC[C@H]([C@@H](C)CCC(=O)CCCS(=O)(=O)O)[C@@]7(C)CC[C@@H]56)CC[C@@]4(C)[C@@H]3CC[C@]21C.